The van der Waals surface area contributed by atoms with Gasteiger partial charge in [-0.2, -0.15) is 0 Å². The van der Waals surface area contributed by atoms with Gasteiger partial charge in [0.1, 0.15) is 21.4 Å². The minimum atomic E-state index is -4.58. The predicted molar refractivity (Wildman–Crippen MR) is 87.6 cm³/mol. The zero-order chi connectivity index (χ0) is 22.0. The third-order valence-electron chi connectivity index (χ3n) is 3.47. The van der Waals surface area contributed by atoms with E-state index in [9.17, 15) is 43.2 Å². The molecule has 0 saturated carbocycles. The van der Waals surface area contributed by atoms with Gasteiger partial charge in [-0.05, 0) is 18.6 Å². The van der Waals surface area contributed by atoms with Crippen LogP contribution in [-0.2, 0) is 20.0 Å². The van der Waals surface area contributed by atoms with Crippen molar-refractivity contribution in [2.75, 3.05) is 13.1 Å². The molecule has 0 amide bonds. The zero-order valence-corrected chi connectivity index (χ0v) is 15.8. The van der Waals surface area contributed by atoms with Gasteiger partial charge in [-0.25, -0.2) is 52.6 Å². The summed E-state index contributed by atoms with van der Waals surface area (Å²) in [4.78, 5) is -2.30. The Morgan fingerprint density at radius 2 is 0.862 bits per heavy atom. The van der Waals surface area contributed by atoms with E-state index in [0.29, 0.717) is 0 Å². The van der Waals surface area contributed by atoms with Crippen LogP contribution >= 0.6 is 0 Å². The Morgan fingerprint density at radius 1 is 0.552 bits per heavy atom. The molecule has 160 valence electrons. The first-order valence-corrected chi connectivity index (χ1v) is 10.6. The molecule has 2 aromatic rings. The lowest BCUT2D eigenvalue weighted by Crippen LogP contribution is -2.31. The van der Waals surface area contributed by atoms with Gasteiger partial charge in [0.15, 0.2) is 23.3 Å². The summed E-state index contributed by atoms with van der Waals surface area (Å²) in [5.41, 5.74) is 0. The summed E-state index contributed by atoms with van der Waals surface area (Å²) in [6.07, 6.45) is -0.241. The van der Waals surface area contributed by atoms with Crippen molar-refractivity contribution in [2.24, 2.45) is 0 Å². The number of hydrogen-bond donors (Lipinski definition) is 2. The SMILES string of the molecule is O=S(=O)(NCCCNS(=O)(=O)c1cc(F)c(F)cc1F)c1cc(F)c(F)cc1F. The molecule has 2 rings (SSSR count). The fourth-order valence-electron chi connectivity index (χ4n) is 2.08. The summed E-state index contributed by atoms with van der Waals surface area (Å²) in [7, 11) is -9.15. The Bertz CT molecular complexity index is 1050. The van der Waals surface area contributed by atoms with Crippen molar-refractivity contribution in [3.63, 3.8) is 0 Å². The lowest BCUT2D eigenvalue weighted by Gasteiger charge is -2.10. The van der Waals surface area contributed by atoms with E-state index in [-0.39, 0.29) is 30.7 Å². The molecule has 0 bridgehead atoms. The van der Waals surface area contributed by atoms with Crippen LogP contribution in [0.5, 0.6) is 0 Å². The van der Waals surface area contributed by atoms with Crippen molar-refractivity contribution >= 4 is 20.0 Å². The first-order valence-electron chi connectivity index (χ1n) is 7.63. The molecule has 0 aliphatic heterocycles. The Morgan fingerprint density at radius 3 is 1.21 bits per heavy atom. The van der Waals surface area contributed by atoms with Gasteiger partial charge in [0.25, 0.3) is 0 Å². The van der Waals surface area contributed by atoms with E-state index >= 15 is 0 Å². The number of halogens is 6. The summed E-state index contributed by atoms with van der Waals surface area (Å²) in [6, 6.07) is 0.381. The largest absolute Gasteiger partial charge is 0.243 e. The number of benzene rings is 2. The molecule has 29 heavy (non-hydrogen) atoms. The maximum atomic E-state index is 13.5. The maximum absolute atomic E-state index is 13.5. The molecule has 0 radical (unpaired) electrons. The topological polar surface area (TPSA) is 92.3 Å². The van der Waals surface area contributed by atoms with Gasteiger partial charge in [0.05, 0.1) is 0 Å². The van der Waals surface area contributed by atoms with Crippen molar-refractivity contribution in [2.45, 2.75) is 16.2 Å². The molecule has 0 atom stereocenters. The van der Waals surface area contributed by atoms with E-state index in [4.69, 9.17) is 0 Å². The Balaban J connectivity index is 1.97. The first kappa shape index (κ1) is 23.1. The van der Waals surface area contributed by atoms with Crippen molar-refractivity contribution in [3.8, 4) is 0 Å². The Hall–Kier alpha value is -2.16. The highest BCUT2D eigenvalue weighted by molar-refractivity contribution is 7.89. The quantitative estimate of drug-likeness (QED) is 0.357. The second kappa shape index (κ2) is 8.69. The number of rotatable bonds is 8. The fraction of sp³-hybridized carbons (Fsp3) is 0.200. The summed E-state index contributed by atoms with van der Waals surface area (Å²) in [5.74, 6) is -9.42. The molecule has 6 nitrogen and oxygen atoms in total. The van der Waals surface area contributed by atoms with Gasteiger partial charge in [0.2, 0.25) is 20.0 Å². The van der Waals surface area contributed by atoms with Crippen molar-refractivity contribution in [1.29, 1.82) is 0 Å². The highest BCUT2D eigenvalue weighted by atomic mass is 32.2. The second-order valence-corrected chi connectivity index (χ2v) is 9.01. The van der Waals surface area contributed by atoms with Crippen LogP contribution in [0.4, 0.5) is 26.3 Å². The average molecular weight is 462 g/mol. The summed E-state index contributed by atoms with van der Waals surface area (Å²) >= 11 is 0. The summed E-state index contributed by atoms with van der Waals surface area (Å²) in [6.45, 7) is -0.937. The molecule has 0 saturated heterocycles. The van der Waals surface area contributed by atoms with Gasteiger partial charge in [-0.3, -0.25) is 0 Å². The molecule has 14 heteroatoms. The van der Waals surface area contributed by atoms with E-state index in [1.54, 1.807) is 0 Å². The lowest BCUT2D eigenvalue weighted by atomic mass is 10.3. The highest BCUT2D eigenvalue weighted by Crippen LogP contribution is 2.19. The minimum absolute atomic E-state index is 0.0500. The van der Waals surface area contributed by atoms with Crippen molar-refractivity contribution in [3.05, 3.63) is 59.2 Å². The third-order valence-corrected chi connectivity index (χ3v) is 6.42. The van der Waals surface area contributed by atoms with Gasteiger partial charge in [-0.1, -0.05) is 0 Å². The average Bonchev–Trinajstić information content (AvgIpc) is 2.60. The molecule has 0 aromatic heterocycles. The van der Waals surface area contributed by atoms with Gasteiger partial charge < -0.3 is 0 Å². The predicted octanol–water partition coefficient (Wildman–Crippen LogP) is 2.17. The standard InChI is InChI=1S/C15H12F6N2O4S2/c16-8-4-12(20)14(6-10(8)18)28(24,25)22-2-1-3-23-29(26,27)15-7-11(19)9(17)5-13(15)21/h4-7,22-23H,1-3H2. The molecular formula is C15H12F6N2O4S2. The number of sulfonamides is 2. The second-order valence-electron chi connectivity index (χ2n) is 5.54. The molecule has 2 aromatic carbocycles. The smallest absolute Gasteiger partial charge is 0.211 e. The lowest BCUT2D eigenvalue weighted by molar-refractivity contribution is 0.481. The van der Waals surface area contributed by atoms with Crippen LogP contribution in [-0.4, -0.2) is 29.9 Å². The van der Waals surface area contributed by atoms with Crippen molar-refractivity contribution < 1.29 is 43.2 Å². The number of nitrogens with one attached hydrogen (secondary N) is 2. The molecular weight excluding hydrogens is 450 g/mol. The zero-order valence-electron chi connectivity index (χ0n) is 14.1. The Kier molecular flexibility index (Phi) is 6.93. The summed E-state index contributed by atoms with van der Waals surface area (Å²) < 4.78 is 130. The van der Waals surface area contributed by atoms with E-state index in [2.05, 4.69) is 0 Å². The molecule has 2 N–H and O–H groups in total. The monoisotopic (exact) mass is 462 g/mol. The van der Waals surface area contributed by atoms with E-state index in [1.807, 2.05) is 9.44 Å². The summed E-state index contributed by atoms with van der Waals surface area (Å²) in [5, 5.41) is 0. The maximum Gasteiger partial charge on any atom is 0.243 e. The molecule has 0 unspecified atom stereocenters. The molecule has 0 fully saturated rings. The van der Waals surface area contributed by atoms with Gasteiger partial charge >= 0.3 is 0 Å². The van der Waals surface area contributed by atoms with E-state index in [1.165, 1.54) is 0 Å². The minimum Gasteiger partial charge on any atom is -0.211 e. The van der Waals surface area contributed by atoms with E-state index in [0.717, 1.165) is 0 Å². The van der Waals surface area contributed by atoms with Crippen molar-refractivity contribution in [1.82, 2.24) is 9.44 Å². The van der Waals surface area contributed by atoms with Crippen LogP contribution in [0.2, 0.25) is 0 Å². The molecule has 0 heterocycles. The molecule has 0 aliphatic carbocycles. The third kappa shape index (κ3) is 5.46. The van der Waals surface area contributed by atoms with Crippen LogP contribution in [0.15, 0.2) is 34.1 Å². The number of hydrogen-bond acceptors (Lipinski definition) is 4. The van der Waals surface area contributed by atoms with Gasteiger partial charge in [-0.15, -0.1) is 0 Å². The van der Waals surface area contributed by atoms with Crippen LogP contribution < -0.4 is 9.44 Å². The molecule has 0 spiro atoms. The van der Waals surface area contributed by atoms with Crippen LogP contribution in [0.25, 0.3) is 0 Å². The van der Waals surface area contributed by atoms with Crippen LogP contribution in [0, 0.1) is 34.9 Å². The normalized spacial score (nSPS) is 12.3. The van der Waals surface area contributed by atoms with E-state index < -0.39 is 77.8 Å². The molecule has 0 aliphatic rings. The van der Waals surface area contributed by atoms with Crippen LogP contribution in [0.3, 0.4) is 0 Å². The fourth-order valence-corrected chi connectivity index (χ4v) is 4.36. The Labute approximate surface area is 161 Å². The van der Waals surface area contributed by atoms with Gasteiger partial charge in [0, 0.05) is 25.2 Å². The first-order chi connectivity index (χ1) is 13.3. The van der Waals surface area contributed by atoms with Crippen LogP contribution in [0.1, 0.15) is 6.42 Å². The highest BCUT2D eigenvalue weighted by Gasteiger charge is 2.23.